The van der Waals surface area contributed by atoms with Gasteiger partial charge in [0.1, 0.15) is 0 Å². The smallest absolute Gasteiger partial charge is 0.213 e. The molecule has 0 radical (unpaired) electrons. The van der Waals surface area contributed by atoms with Crippen LogP contribution in [-0.4, -0.2) is 59.5 Å². The van der Waals surface area contributed by atoms with E-state index in [-0.39, 0.29) is 11.9 Å². The molecule has 0 aromatic heterocycles. The number of guanidine groups is 1. The Morgan fingerprint density at radius 1 is 1.14 bits per heavy atom. The fraction of sp³-hybridized carbons (Fsp3) is 0.650. The summed E-state index contributed by atoms with van der Waals surface area (Å²) in [6, 6.07) is 6.52. The molecule has 1 saturated heterocycles. The fourth-order valence-corrected chi connectivity index (χ4v) is 4.28. The lowest BCUT2D eigenvalue weighted by Gasteiger charge is -2.22. The number of rotatable bonds is 9. The molecule has 0 amide bonds. The molecule has 1 atom stereocenters. The topological polar surface area (TPSA) is 91.8 Å². The summed E-state index contributed by atoms with van der Waals surface area (Å²) in [6.45, 7) is 6.29. The van der Waals surface area contributed by atoms with Crippen LogP contribution in [0.4, 0.5) is 0 Å². The maximum Gasteiger partial charge on any atom is 0.213 e. The highest BCUT2D eigenvalue weighted by Crippen LogP contribution is 2.12. The number of hydrogen-bond acceptors (Lipinski definition) is 4. The molecule has 0 spiro atoms. The van der Waals surface area contributed by atoms with E-state index in [1.54, 1.807) is 7.05 Å². The maximum atomic E-state index is 12.1. The largest absolute Gasteiger partial charge is 0.377 e. The molecule has 0 saturated carbocycles. The standard InChI is InChI=1S/C20H34N4O3S/c1-16-12-17(2)14-18(13-16)7-8-22-20(21-3)23-9-11-28(25,26)24-15-19-6-4-5-10-27-19/h12-14,19,24H,4-11,15H2,1-3H3,(H2,21,22,23). The quantitative estimate of drug-likeness (QED) is 0.424. The van der Waals surface area contributed by atoms with Gasteiger partial charge in [0.25, 0.3) is 0 Å². The number of benzene rings is 1. The van der Waals surface area contributed by atoms with Crippen molar-refractivity contribution in [1.29, 1.82) is 0 Å². The van der Waals surface area contributed by atoms with Crippen molar-refractivity contribution in [2.75, 3.05) is 39.0 Å². The van der Waals surface area contributed by atoms with Crippen LogP contribution in [0.15, 0.2) is 23.2 Å². The molecule has 7 nitrogen and oxygen atoms in total. The molecule has 1 aromatic rings. The van der Waals surface area contributed by atoms with Crippen LogP contribution in [0, 0.1) is 13.8 Å². The van der Waals surface area contributed by atoms with Crippen molar-refractivity contribution in [2.24, 2.45) is 4.99 Å². The van der Waals surface area contributed by atoms with Gasteiger partial charge in [0, 0.05) is 33.3 Å². The van der Waals surface area contributed by atoms with Crippen LogP contribution in [0.25, 0.3) is 0 Å². The minimum Gasteiger partial charge on any atom is -0.377 e. The third-order valence-corrected chi connectivity index (χ3v) is 6.03. The van der Waals surface area contributed by atoms with Gasteiger partial charge in [-0.25, -0.2) is 13.1 Å². The van der Waals surface area contributed by atoms with Gasteiger partial charge in [-0.05, 0) is 45.1 Å². The van der Waals surface area contributed by atoms with Crippen molar-refractivity contribution < 1.29 is 13.2 Å². The van der Waals surface area contributed by atoms with Gasteiger partial charge in [-0.1, -0.05) is 29.3 Å². The van der Waals surface area contributed by atoms with Crippen LogP contribution in [0.2, 0.25) is 0 Å². The summed E-state index contributed by atoms with van der Waals surface area (Å²) in [5, 5.41) is 6.29. The summed E-state index contributed by atoms with van der Waals surface area (Å²) in [7, 11) is -1.65. The van der Waals surface area contributed by atoms with E-state index in [2.05, 4.69) is 52.4 Å². The highest BCUT2D eigenvalue weighted by Gasteiger charge is 2.17. The minimum atomic E-state index is -3.33. The van der Waals surface area contributed by atoms with Crippen molar-refractivity contribution in [3.8, 4) is 0 Å². The first-order valence-corrected chi connectivity index (χ1v) is 11.6. The summed E-state index contributed by atoms with van der Waals surface area (Å²) < 4.78 is 32.5. The molecule has 3 N–H and O–H groups in total. The average molecular weight is 411 g/mol. The molecule has 1 heterocycles. The predicted octanol–water partition coefficient (Wildman–Crippen LogP) is 1.50. The lowest BCUT2D eigenvalue weighted by molar-refractivity contribution is 0.0200. The van der Waals surface area contributed by atoms with Crippen LogP contribution in [0.5, 0.6) is 0 Å². The SMILES string of the molecule is CN=C(NCCc1cc(C)cc(C)c1)NCCS(=O)(=O)NCC1CCCCO1. The van der Waals surface area contributed by atoms with Crippen molar-refractivity contribution in [1.82, 2.24) is 15.4 Å². The molecule has 1 aliphatic rings. The first-order valence-electron chi connectivity index (χ1n) is 9.98. The monoisotopic (exact) mass is 410 g/mol. The van der Waals surface area contributed by atoms with Crippen LogP contribution in [0.3, 0.4) is 0 Å². The Bertz CT molecular complexity index is 724. The molecule has 0 bridgehead atoms. The van der Waals surface area contributed by atoms with E-state index < -0.39 is 10.0 Å². The molecule has 1 aromatic carbocycles. The first kappa shape index (κ1) is 22.6. The van der Waals surface area contributed by atoms with E-state index in [0.717, 1.165) is 38.8 Å². The maximum absolute atomic E-state index is 12.1. The summed E-state index contributed by atoms with van der Waals surface area (Å²) in [5.41, 5.74) is 3.79. The molecule has 158 valence electrons. The number of aliphatic imine (C=N–C) groups is 1. The van der Waals surface area contributed by atoms with Crippen molar-refractivity contribution >= 4 is 16.0 Å². The van der Waals surface area contributed by atoms with E-state index in [1.165, 1.54) is 16.7 Å². The van der Waals surface area contributed by atoms with Gasteiger partial charge in [-0.2, -0.15) is 0 Å². The van der Waals surface area contributed by atoms with Crippen molar-refractivity contribution in [2.45, 2.75) is 45.6 Å². The molecule has 2 rings (SSSR count). The highest BCUT2D eigenvalue weighted by molar-refractivity contribution is 7.89. The number of aryl methyl sites for hydroxylation is 2. The summed E-state index contributed by atoms with van der Waals surface area (Å²) in [4.78, 5) is 4.15. The third-order valence-electron chi connectivity index (χ3n) is 4.68. The number of nitrogens with zero attached hydrogens (tertiary/aromatic N) is 1. The summed E-state index contributed by atoms with van der Waals surface area (Å²) in [5.74, 6) is 0.604. The van der Waals surface area contributed by atoms with Gasteiger partial charge in [0.05, 0.1) is 11.9 Å². The molecular formula is C20H34N4O3S. The predicted molar refractivity (Wildman–Crippen MR) is 114 cm³/mol. The fourth-order valence-electron chi connectivity index (χ4n) is 3.32. The van der Waals surface area contributed by atoms with Gasteiger partial charge >= 0.3 is 0 Å². The summed E-state index contributed by atoms with van der Waals surface area (Å²) >= 11 is 0. The van der Waals surface area contributed by atoms with E-state index in [4.69, 9.17) is 4.74 Å². The van der Waals surface area contributed by atoms with Crippen LogP contribution in [-0.2, 0) is 21.2 Å². The average Bonchev–Trinajstić information content (AvgIpc) is 2.65. The third kappa shape index (κ3) is 8.58. The Morgan fingerprint density at radius 3 is 2.50 bits per heavy atom. The van der Waals surface area contributed by atoms with E-state index in [9.17, 15) is 8.42 Å². The van der Waals surface area contributed by atoms with Crippen molar-refractivity contribution in [3.63, 3.8) is 0 Å². The number of ether oxygens (including phenoxy) is 1. The second-order valence-corrected chi connectivity index (χ2v) is 9.25. The molecule has 28 heavy (non-hydrogen) atoms. The Labute approximate surface area is 169 Å². The Balaban J connectivity index is 1.66. The number of hydrogen-bond donors (Lipinski definition) is 3. The van der Waals surface area contributed by atoms with Crippen molar-refractivity contribution in [3.05, 3.63) is 34.9 Å². The number of nitrogens with one attached hydrogen (secondary N) is 3. The van der Waals surface area contributed by atoms with Gasteiger partial charge in [0.2, 0.25) is 10.0 Å². The molecular weight excluding hydrogens is 376 g/mol. The zero-order valence-electron chi connectivity index (χ0n) is 17.3. The van der Waals surface area contributed by atoms with Crippen LogP contribution >= 0.6 is 0 Å². The highest BCUT2D eigenvalue weighted by atomic mass is 32.2. The molecule has 1 aliphatic heterocycles. The molecule has 8 heteroatoms. The van der Waals surface area contributed by atoms with E-state index in [1.807, 2.05) is 0 Å². The first-order chi connectivity index (χ1) is 13.4. The minimum absolute atomic E-state index is 0.00249. The Morgan fingerprint density at radius 2 is 1.86 bits per heavy atom. The second kappa shape index (κ2) is 11.4. The number of sulfonamides is 1. The van der Waals surface area contributed by atoms with E-state index >= 15 is 0 Å². The zero-order valence-corrected chi connectivity index (χ0v) is 18.1. The second-order valence-electron chi connectivity index (χ2n) is 7.33. The van der Waals surface area contributed by atoms with Crippen LogP contribution < -0.4 is 15.4 Å². The summed E-state index contributed by atoms with van der Waals surface area (Å²) in [6.07, 6.45) is 3.94. The van der Waals surface area contributed by atoms with Gasteiger partial charge in [0.15, 0.2) is 5.96 Å². The molecule has 1 unspecified atom stereocenters. The molecule has 1 fully saturated rings. The lowest BCUT2D eigenvalue weighted by Crippen LogP contribution is -2.43. The van der Waals surface area contributed by atoms with E-state index in [0.29, 0.717) is 19.0 Å². The lowest BCUT2D eigenvalue weighted by atomic mass is 10.1. The van der Waals surface area contributed by atoms with Crippen LogP contribution in [0.1, 0.15) is 36.0 Å². The van der Waals surface area contributed by atoms with Gasteiger partial charge in [-0.15, -0.1) is 0 Å². The zero-order chi connectivity index (χ0) is 20.4. The molecule has 0 aliphatic carbocycles. The Hall–Kier alpha value is -1.64. The van der Waals surface area contributed by atoms with Gasteiger partial charge in [-0.3, -0.25) is 4.99 Å². The van der Waals surface area contributed by atoms with Gasteiger partial charge < -0.3 is 15.4 Å². The normalized spacial score (nSPS) is 18.1. The Kier molecular flexibility index (Phi) is 9.21.